The maximum absolute atomic E-state index is 10.5. The van der Waals surface area contributed by atoms with Gasteiger partial charge in [0.25, 0.3) is 0 Å². The third kappa shape index (κ3) is 3.29. The summed E-state index contributed by atoms with van der Waals surface area (Å²) in [6.45, 7) is 1.24. The molecule has 0 aromatic heterocycles. The number of sulfone groups is 1. The largest absolute Gasteiger partial charge is 0.430 e. The van der Waals surface area contributed by atoms with Crippen LogP contribution in [0.5, 0.6) is 0 Å². The molecule has 1 atom stereocenters. The molecule has 0 aliphatic carbocycles. The van der Waals surface area contributed by atoms with Crippen molar-refractivity contribution in [1.29, 1.82) is 0 Å². The molecule has 5 nitrogen and oxygen atoms in total. The van der Waals surface area contributed by atoms with E-state index >= 15 is 0 Å². The molecule has 0 aliphatic heterocycles. The Bertz CT molecular complexity index is 219. The van der Waals surface area contributed by atoms with Gasteiger partial charge in [-0.25, -0.2) is 13.2 Å². The lowest BCUT2D eigenvalue weighted by Crippen LogP contribution is -2.26. The van der Waals surface area contributed by atoms with Crippen LogP contribution in [0.3, 0.4) is 0 Å². The molecule has 1 unspecified atom stereocenters. The van der Waals surface area contributed by atoms with Crippen molar-refractivity contribution in [3.63, 3.8) is 0 Å². The summed E-state index contributed by atoms with van der Waals surface area (Å²) in [6, 6.07) is 0. The average molecular weight is 167 g/mol. The molecule has 0 radical (unpaired) electrons. The van der Waals surface area contributed by atoms with Crippen LogP contribution in [0.2, 0.25) is 0 Å². The van der Waals surface area contributed by atoms with Crippen LogP contribution in [0.4, 0.5) is 4.79 Å². The van der Waals surface area contributed by atoms with Crippen LogP contribution >= 0.6 is 0 Å². The zero-order chi connectivity index (χ0) is 8.36. The minimum atomic E-state index is -3.32. The molecule has 6 heteroatoms. The summed E-state index contributed by atoms with van der Waals surface area (Å²) in [5, 5.41) is 0. The van der Waals surface area contributed by atoms with Crippen LogP contribution in [0, 0.1) is 0 Å². The number of nitrogens with two attached hydrogens (primary N) is 1. The lowest BCUT2D eigenvalue weighted by molar-refractivity contribution is 0.148. The van der Waals surface area contributed by atoms with E-state index in [0.717, 1.165) is 6.26 Å². The number of amides is 1. The van der Waals surface area contributed by atoms with Gasteiger partial charge < -0.3 is 10.5 Å². The molecule has 0 bridgehead atoms. The highest BCUT2D eigenvalue weighted by molar-refractivity contribution is 7.91. The first kappa shape index (κ1) is 9.22. The van der Waals surface area contributed by atoms with Gasteiger partial charge in [0.15, 0.2) is 9.84 Å². The summed E-state index contributed by atoms with van der Waals surface area (Å²) in [6.07, 6.45) is -0.126. The number of carbonyl (C=O) groups excluding carboxylic acids is 1. The van der Waals surface area contributed by atoms with Crippen molar-refractivity contribution in [3.05, 3.63) is 0 Å². The predicted molar refractivity (Wildman–Crippen MR) is 35.0 cm³/mol. The fraction of sp³-hybridized carbons (Fsp3) is 0.750. The van der Waals surface area contributed by atoms with E-state index in [1.165, 1.54) is 6.92 Å². The zero-order valence-corrected chi connectivity index (χ0v) is 6.51. The molecule has 10 heavy (non-hydrogen) atoms. The molecule has 1 amide bonds. The predicted octanol–water partition coefficient (Wildman–Crippen LogP) is -0.528. The minimum Gasteiger partial charge on any atom is -0.430 e. The molecule has 0 fully saturated rings. The van der Waals surface area contributed by atoms with E-state index in [1.54, 1.807) is 0 Å². The van der Waals surface area contributed by atoms with E-state index in [0.29, 0.717) is 0 Å². The Labute approximate surface area is 59.1 Å². The van der Waals surface area contributed by atoms with Gasteiger partial charge in [-0.3, -0.25) is 0 Å². The highest BCUT2D eigenvalue weighted by Crippen LogP contribution is 1.98. The Morgan fingerprint density at radius 3 is 2.10 bits per heavy atom. The second-order valence-corrected chi connectivity index (χ2v) is 4.16. The minimum absolute atomic E-state index is 0.959. The van der Waals surface area contributed by atoms with Gasteiger partial charge in [0, 0.05) is 6.26 Å². The van der Waals surface area contributed by atoms with Gasteiger partial charge in [-0.2, -0.15) is 0 Å². The van der Waals surface area contributed by atoms with E-state index in [1.807, 2.05) is 0 Å². The van der Waals surface area contributed by atoms with Crippen molar-refractivity contribution < 1.29 is 17.9 Å². The quantitative estimate of drug-likeness (QED) is 0.599. The van der Waals surface area contributed by atoms with Gasteiger partial charge in [0.2, 0.25) is 5.44 Å². The summed E-state index contributed by atoms with van der Waals surface area (Å²) in [4.78, 5) is 9.99. The summed E-state index contributed by atoms with van der Waals surface area (Å²) in [5.41, 5.74) is 3.40. The monoisotopic (exact) mass is 167 g/mol. The third-order valence-corrected chi connectivity index (χ3v) is 2.19. The van der Waals surface area contributed by atoms with E-state index < -0.39 is 21.4 Å². The standard InChI is InChI=1S/C4H9NO4S/c1-3(9-4(5)6)10(2,7)8/h3H,1-2H3,(H2,5,6). The molecular weight excluding hydrogens is 158 g/mol. The van der Waals surface area contributed by atoms with Gasteiger partial charge in [0.1, 0.15) is 0 Å². The Kier molecular flexibility index (Phi) is 2.65. The molecule has 0 rings (SSSR count). The van der Waals surface area contributed by atoms with Crippen LogP contribution in [-0.4, -0.2) is 26.2 Å². The van der Waals surface area contributed by atoms with Gasteiger partial charge in [-0.05, 0) is 6.92 Å². The molecule has 0 aromatic carbocycles. The molecule has 0 saturated carbocycles. The van der Waals surface area contributed by atoms with E-state index in [-0.39, 0.29) is 0 Å². The molecule has 0 aromatic rings. The number of rotatable bonds is 2. The number of carbonyl (C=O) groups is 1. The van der Waals surface area contributed by atoms with Gasteiger partial charge in [-0.15, -0.1) is 0 Å². The maximum atomic E-state index is 10.5. The molecule has 0 spiro atoms. The van der Waals surface area contributed by atoms with E-state index in [9.17, 15) is 13.2 Å². The molecule has 60 valence electrons. The number of ether oxygens (including phenoxy) is 1. The zero-order valence-electron chi connectivity index (χ0n) is 5.70. The first-order valence-corrected chi connectivity index (χ1v) is 4.44. The van der Waals surface area contributed by atoms with Crippen molar-refractivity contribution in [2.45, 2.75) is 12.4 Å². The Balaban J connectivity index is 4.12. The summed E-state index contributed by atoms with van der Waals surface area (Å²) in [7, 11) is -3.32. The smallest absolute Gasteiger partial charge is 0.405 e. The van der Waals surface area contributed by atoms with Crippen molar-refractivity contribution in [1.82, 2.24) is 0 Å². The fourth-order valence-electron chi connectivity index (χ4n) is 0.251. The molecule has 2 N–H and O–H groups in total. The van der Waals surface area contributed by atoms with E-state index in [2.05, 4.69) is 10.5 Å². The Morgan fingerprint density at radius 2 is 2.00 bits per heavy atom. The highest BCUT2D eigenvalue weighted by Gasteiger charge is 2.17. The first-order valence-electron chi connectivity index (χ1n) is 2.49. The van der Waals surface area contributed by atoms with E-state index in [4.69, 9.17) is 0 Å². The molecule has 0 saturated heterocycles. The summed E-state index contributed by atoms with van der Waals surface area (Å²) < 4.78 is 25.2. The Morgan fingerprint density at radius 1 is 1.60 bits per heavy atom. The lowest BCUT2D eigenvalue weighted by atomic mass is 10.8. The van der Waals surface area contributed by atoms with Crippen molar-refractivity contribution in [3.8, 4) is 0 Å². The normalized spacial score (nSPS) is 14.2. The number of hydrogen-bond acceptors (Lipinski definition) is 4. The maximum Gasteiger partial charge on any atom is 0.405 e. The van der Waals surface area contributed by atoms with Gasteiger partial charge in [-0.1, -0.05) is 0 Å². The summed E-state index contributed by atoms with van der Waals surface area (Å²) in [5.74, 6) is 0. The van der Waals surface area contributed by atoms with Gasteiger partial charge >= 0.3 is 6.09 Å². The second kappa shape index (κ2) is 2.87. The fourth-order valence-corrected chi connectivity index (χ4v) is 0.521. The topological polar surface area (TPSA) is 86.5 Å². The van der Waals surface area contributed by atoms with Crippen molar-refractivity contribution in [2.75, 3.05) is 6.26 Å². The average Bonchev–Trinajstić information content (AvgIpc) is 1.60. The number of primary amides is 1. The Hall–Kier alpha value is -0.780. The summed E-state index contributed by atoms with van der Waals surface area (Å²) >= 11 is 0. The lowest BCUT2D eigenvalue weighted by Gasteiger charge is -2.07. The SMILES string of the molecule is CC(OC(N)=O)S(C)(=O)=O. The van der Waals surface area contributed by atoms with Crippen LogP contribution in [0.1, 0.15) is 6.92 Å². The highest BCUT2D eigenvalue weighted by atomic mass is 32.2. The van der Waals surface area contributed by atoms with Crippen molar-refractivity contribution >= 4 is 15.9 Å². The number of hydrogen-bond donors (Lipinski definition) is 1. The van der Waals surface area contributed by atoms with Gasteiger partial charge in [0.05, 0.1) is 0 Å². The molecular formula is C4H9NO4S. The van der Waals surface area contributed by atoms with Crippen LogP contribution in [0.25, 0.3) is 0 Å². The molecule has 0 heterocycles. The van der Waals surface area contributed by atoms with Crippen molar-refractivity contribution in [2.24, 2.45) is 5.73 Å². The molecule has 0 aliphatic rings. The van der Waals surface area contributed by atoms with Crippen LogP contribution in [-0.2, 0) is 14.6 Å². The second-order valence-electron chi connectivity index (χ2n) is 1.83. The van der Waals surface area contributed by atoms with Crippen LogP contribution < -0.4 is 5.73 Å². The van der Waals surface area contributed by atoms with Crippen LogP contribution in [0.15, 0.2) is 0 Å². The first-order chi connectivity index (χ1) is 4.34. The third-order valence-electron chi connectivity index (χ3n) is 0.885.